The van der Waals surface area contributed by atoms with Crippen molar-refractivity contribution in [2.24, 2.45) is 5.92 Å². The number of benzene rings is 1. The Kier molecular flexibility index (Phi) is 5.20. The van der Waals surface area contributed by atoms with E-state index in [2.05, 4.69) is 5.32 Å². The van der Waals surface area contributed by atoms with Gasteiger partial charge >= 0.3 is 5.97 Å². The van der Waals surface area contributed by atoms with E-state index in [-0.39, 0.29) is 17.9 Å². The zero-order chi connectivity index (χ0) is 15.2. The first kappa shape index (κ1) is 15.4. The van der Waals surface area contributed by atoms with Crippen molar-refractivity contribution in [3.05, 3.63) is 29.8 Å². The Morgan fingerprint density at radius 2 is 1.76 bits per heavy atom. The molecular weight excluding hydrogens is 268 g/mol. The Labute approximate surface area is 124 Å². The van der Waals surface area contributed by atoms with E-state index in [1.54, 1.807) is 0 Å². The molecule has 0 aromatic heterocycles. The molecule has 1 aromatic carbocycles. The second kappa shape index (κ2) is 7.11. The molecule has 114 valence electrons. The number of aryl methyl sites for hydroxylation is 1. The summed E-state index contributed by atoms with van der Waals surface area (Å²) < 4.78 is 0. The van der Waals surface area contributed by atoms with Crippen LogP contribution in [0.2, 0.25) is 0 Å². The lowest BCUT2D eigenvalue weighted by Crippen LogP contribution is -2.38. The van der Waals surface area contributed by atoms with Gasteiger partial charge in [0, 0.05) is 18.2 Å². The average molecular weight is 290 g/mol. The summed E-state index contributed by atoms with van der Waals surface area (Å²) in [6.07, 6.45) is 3.95. The molecule has 1 saturated carbocycles. The van der Waals surface area contributed by atoms with Crippen molar-refractivity contribution in [1.82, 2.24) is 5.32 Å². The summed E-state index contributed by atoms with van der Waals surface area (Å²) in [6.45, 7) is 0. The van der Waals surface area contributed by atoms with Crippen LogP contribution < -0.4 is 11.1 Å². The van der Waals surface area contributed by atoms with Crippen LogP contribution in [0, 0.1) is 5.92 Å². The van der Waals surface area contributed by atoms with Gasteiger partial charge in [-0.3, -0.25) is 9.59 Å². The second-order valence-corrected chi connectivity index (χ2v) is 5.70. The van der Waals surface area contributed by atoms with E-state index in [4.69, 9.17) is 10.8 Å². The highest BCUT2D eigenvalue weighted by atomic mass is 16.4. The lowest BCUT2D eigenvalue weighted by molar-refractivity contribution is -0.142. The van der Waals surface area contributed by atoms with Crippen LogP contribution in [-0.2, 0) is 16.0 Å². The third-order valence-corrected chi connectivity index (χ3v) is 4.06. The van der Waals surface area contributed by atoms with Gasteiger partial charge in [0.1, 0.15) is 0 Å². The molecule has 1 aliphatic carbocycles. The number of anilines is 1. The molecule has 0 saturated heterocycles. The van der Waals surface area contributed by atoms with Crippen LogP contribution in [0.3, 0.4) is 0 Å². The number of amides is 1. The van der Waals surface area contributed by atoms with Gasteiger partial charge in [-0.05, 0) is 49.8 Å². The smallest absolute Gasteiger partial charge is 0.306 e. The lowest BCUT2D eigenvalue weighted by Gasteiger charge is -2.26. The van der Waals surface area contributed by atoms with Crippen molar-refractivity contribution in [3.8, 4) is 0 Å². The quantitative estimate of drug-likeness (QED) is 0.723. The predicted octanol–water partition coefficient (Wildman–Crippen LogP) is 1.96. The molecule has 0 spiro atoms. The summed E-state index contributed by atoms with van der Waals surface area (Å²) in [5.74, 6) is -0.929. The van der Waals surface area contributed by atoms with Crippen molar-refractivity contribution >= 4 is 17.6 Å². The number of carboxylic acid groups (broad SMARTS) is 1. The number of aliphatic carboxylic acids is 1. The summed E-state index contributed by atoms with van der Waals surface area (Å²) in [5, 5.41) is 11.9. The fraction of sp³-hybridized carbons (Fsp3) is 0.500. The van der Waals surface area contributed by atoms with Gasteiger partial charge in [-0.15, -0.1) is 0 Å². The average Bonchev–Trinajstić information content (AvgIpc) is 2.47. The first-order chi connectivity index (χ1) is 10.0. The van der Waals surface area contributed by atoms with E-state index in [1.807, 2.05) is 24.3 Å². The van der Waals surface area contributed by atoms with Crippen LogP contribution in [0.1, 0.15) is 37.7 Å². The minimum atomic E-state index is -0.719. The number of carboxylic acids is 1. The van der Waals surface area contributed by atoms with Gasteiger partial charge in [-0.1, -0.05) is 12.1 Å². The minimum Gasteiger partial charge on any atom is -0.481 e. The van der Waals surface area contributed by atoms with Crippen molar-refractivity contribution in [2.75, 3.05) is 5.73 Å². The summed E-state index contributed by atoms with van der Waals surface area (Å²) >= 11 is 0. The molecule has 1 fully saturated rings. The lowest BCUT2D eigenvalue weighted by atomic mass is 9.86. The molecule has 1 aromatic rings. The van der Waals surface area contributed by atoms with Crippen LogP contribution in [0.15, 0.2) is 24.3 Å². The fourth-order valence-electron chi connectivity index (χ4n) is 2.73. The van der Waals surface area contributed by atoms with Crippen molar-refractivity contribution in [2.45, 2.75) is 44.6 Å². The largest absolute Gasteiger partial charge is 0.481 e. The van der Waals surface area contributed by atoms with Gasteiger partial charge in [-0.25, -0.2) is 0 Å². The highest BCUT2D eigenvalue weighted by molar-refractivity contribution is 5.76. The van der Waals surface area contributed by atoms with Crippen LogP contribution >= 0.6 is 0 Å². The van der Waals surface area contributed by atoms with Crippen molar-refractivity contribution in [3.63, 3.8) is 0 Å². The molecule has 1 aliphatic rings. The highest BCUT2D eigenvalue weighted by Crippen LogP contribution is 2.24. The maximum Gasteiger partial charge on any atom is 0.306 e. The van der Waals surface area contributed by atoms with Crippen LogP contribution in [-0.4, -0.2) is 23.0 Å². The number of carbonyl (C=O) groups is 2. The molecule has 21 heavy (non-hydrogen) atoms. The maximum absolute atomic E-state index is 11.9. The molecule has 5 heteroatoms. The molecular formula is C16H22N2O3. The third-order valence-electron chi connectivity index (χ3n) is 4.06. The van der Waals surface area contributed by atoms with Gasteiger partial charge in [0.05, 0.1) is 5.92 Å². The van der Waals surface area contributed by atoms with Gasteiger partial charge in [0.25, 0.3) is 0 Å². The maximum atomic E-state index is 11.9. The zero-order valence-corrected chi connectivity index (χ0v) is 12.0. The first-order valence-corrected chi connectivity index (χ1v) is 7.41. The molecule has 0 bridgehead atoms. The number of nitrogen functional groups attached to an aromatic ring is 1. The number of hydrogen-bond donors (Lipinski definition) is 3. The third kappa shape index (κ3) is 4.77. The summed E-state index contributed by atoms with van der Waals surface area (Å²) in [5.41, 5.74) is 7.43. The molecule has 4 N–H and O–H groups in total. The summed E-state index contributed by atoms with van der Waals surface area (Å²) in [4.78, 5) is 22.8. The molecule has 1 amide bonds. The minimum absolute atomic E-state index is 0.0330. The Bertz CT molecular complexity index is 491. The Morgan fingerprint density at radius 3 is 2.33 bits per heavy atom. The van der Waals surface area contributed by atoms with E-state index >= 15 is 0 Å². The molecule has 0 unspecified atom stereocenters. The topological polar surface area (TPSA) is 92.4 Å². The van der Waals surface area contributed by atoms with Crippen LogP contribution in [0.4, 0.5) is 5.69 Å². The molecule has 5 nitrogen and oxygen atoms in total. The Hall–Kier alpha value is -2.04. The van der Waals surface area contributed by atoms with Gasteiger partial charge in [0.2, 0.25) is 5.91 Å². The zero-order valence-electron chi connectivity index (χ0n) is 12.0. The second-order valence-electron chi connectivity index (χ2n) is 5.70. The molecule has 0 heterocycles. The number of nitrogens with one attached hydrogen (secondary N) is 1. The van der Waals surface area contributed by atoms with Crippen LogP contribution in [0.5, 0.6) is 0 Å². The number of rotatable bonds is 5. The van der Waals surface area contributed by atoms with Gasteiger partial charge in [0.15, 0.2) is 0 Å². The monoisotopic (exact) mass is 290 g/mol. The molecule has 0 radical (unpaired) electrons. The highest BCUT2D eigenvalue weighted by Gasteiger charge is 2.26. The predicted molar refractivity (Wildman–Crippen MR) is 80.7 cm³/mol. The normalized spacial score (nSPS) is 21.7. The number of nitrogens with two attached hydrogens (primary N) is 1. The number of hydrogen-bond acceptors (Lipinski definition) is 3. The standard InChI is InChI=1S/C16H22N2O3/c17-13-6-1-11(2-7-13)3-10-15(19)18-14-8-4-12(5-9-14)16(20)21/h1-2,6-7,12,14H,3-5,8-10,17H2,(H,18,19)(H,20,21). The molecule has 2 rings (SSSR count). The molecule has 0 atom stereocenters. The van der Waals surface area contributed by atoms with Gasteiger partial charge < -0.3 is 16.2 Å². The van der Waals surface area contributed by atoms with Crippen LogP contribution in [0.25, 0.3) is 0 Å². The van der Waals surface area contributed by atoms with E-state index in [0.29, 0.717) is 25.7 Å². The van der Waals surface area contributed by atoms with E-state index in [9.17, 15) is 9.59 Å². The summed E-state index contributed by atoms with van der Waals surface area (Å²) in [6, 6.07) is 7.65. The number of carbonyl (C=O) groups excluding carboxylic acids is 1. The molecule has 0 aliphatic heterocycles. The van der Waals surface area contributed by atoms with Crippen molar-refractivity contribution in [1.29, 1.82) is 0 Å². The summed E-state index contributed by atoms with van der Waals surface area (Å²) in [7, 11) is 0. The van der Waals surface area contributed by atoms with E-state index < -0.39 is 5.97 Å². The van der Waals surface area contributed by atoms with Gasteiger partial charge in [-0.2, -0.15) is 0 Å². The Morgan fingerprint density at radius 1 is 1.14 bits per heavy atom. The first-order valence-electron chi connectivity index (χ1n) is 7.41. The Balaban J connectivity index is 1.70. The van der Waals surface area contributed by atoms with E-state index in [0.717, 1.165) is 24.1 Å². The van der Waals surface area contributed by atoms with E-state index in [1.165, 1.54) is 0 Å². The SMILES string of the molecule is Nc1ccc(CCC(=O)NC2CCC(C(=O)O)CC2)cc1. The fourth-order valence-corrected chi connectivity index (χ4v) is 2.73. The van der Waals surface area contributed by atoms with Crippen molar-refractivity contribution < 1.29 is 14.7 Å².